The number of carbonyl (C=O) groups is 1. The van der Waals surface area contributed by atoms with Crippen LogP contribution < -0.4 is 5.32 Å². The molecule has 0 radical (unpaired) electrons. The first-order valence-electron chi connectivity index (χ1n) is 6.33. The largest absolute Gasteiger partial charge is 0.320 e. The lowest BCUT2D eigenvalue weighted by atomic mass is 10.4. The number of rotatable bonds is 6. The second-order valence-corrected chi connectivity index (χ2v) is 5.61. The number of hydrogen-bond acceptors (Lipinski definition) is 4. The van der Waals surface area contributed by atoms with E-state index in [-0.39, 0.29) is 5.91 Å². The van der Waals surface area contributed by atoms with Crippen LogP contribution in [0.4, 0.5) is 5.69 Å². The number of hydrogen-bond donors (Lipinski definition) is 1. The van der Waals surface area contributed by atoms with E-state index in [1.54, 1.807) is 23.6 Å². The summed E-state index contributed by atoms with van der Waals surface area (Å²) in [5.74, 6) is -0.148. The average molecular weight is 290 g/mol. The first-order valence-corrected chi connectivity index (χ1v) is 7.21. The Balaban J connectivity index is 1.85. The monoisotopic (exact) mass is 290 g/mol. The molecule has 0 spiro atoms. The molecule has 20 heavy (non-hydrogen) atoms. The van der Waals surface area contributed by atoms with E-state index >= 15 is 0 Å². The second kappa shape index (κ2) is 7.02. The fraction of sp³-hybridized carbons (Fsp3) is 0.286. The Labute approximate surface area is 122 Å². The smallest absolute Gasteiger partial charge is 0.248 e. The summed E-state index contributed by atoms with van der Waals surface area (Å²) in [7, 11) is 4.03. The highest BCUT2D eigenvalue weighted by atomic mass is 32.1. The molecule has 0 atom stereocenters. The Morgan fingerprint density at radius 3 is 3.10 bits per heavy atom. The molecule has 2 aromatic heterocycles. The van der Waals surface area contributed by atoms with Crippen molar-refractivity contribution in [3.05, 3.63) is 40.9 Å². The molecule has 0 saturated heterocycles. The molecule has 0 saturated carbocycles. The van der Waals surface area contributed by atoms with E-state index in [2.05, 4.69) is 15.3 Å². The zero-order valence-electron chi connectivity index (χ0n) is 11.6. The molecule has 106 valence electrons. The minimum Gasteiger partial charge on any atom is -0.320 e. The van der Waals surface area contributed by atoms with Crippen LogP contribution in [0.1, 0.15) is 4.88 Å². The first-order chi connectivity index (χ1) is 9.63. The molecule has 0 aliphatic heterocycles. The number of nitrogens with one attached hydrogen (secondary N) is 1. The summed E-state index contributed by atoms with van der Waals surface area (Å²) in [6.45, 7) is 1.71. The molecular weight excluding hydrogens is 272 g/mol. The minimum absolute atomic E-state index is 0.148. The summed E-state index contributed by atoms with van der Waals surface area (Å²) in [6, 6.07) is 3.92. The highest BCUT2D eigenvalue weighted by Crippen LogP contribution is 2.10. The SMILES string of the molecule is CN(C)CCn1cc(NC(=O)/C=C/c2cccs2)cn1. The van der Waals surface area contributed by atoms with E-state index in [0.717, 1.165) is 18.0 Å². The van der Waals surface area contributed by atoms with Crippen LogP contribution in [-0.4, -0.2) is 41.2 Å². The Kier molecular flexibility index (Phi) is 5.09. The van der Waals surface area contributed by atoms with Gasteiger partial charge in [0, 0.05) is 23.7 Å². The van der Waals surface area contributed by atoms with Gasteiger partial charge in [0.05, 0.1) is 18.4 Å². The third kappa shape index (κ3) is 4.64. The summed E-state index contributed by atoms with van der Waals surface area (Å²) in [5.41, 5.74) is 0.713. The van der Waals surface area contributed by atoms with Crippen molar-refractivity contribution in [2.75, 3.05) is 26.0 Å². The molecule has 1 N–H and O–H groups in total. The fourth-order valence-corrected chi connectivity index (χ4v) is 2.20. The van der Waals surface area contributed by atoms with E-state index in [0.29, 0.717) is 5.69 Å². The summed E-state index contributed by atoms with van der Waals surface area (Å²) in [6.07, 6.45) is 6.83. The van der Waals surface area contributed by atoms with Crippen LogP contribution in [0.25, 0.3) is 6.08 Å². The number of nitrogens with zero attached hydrogens (tertiary/aromatic N) is 3. The normalized spacial score (nSPS) is 11.3. The van der Waals surface area contributed by atoms with Crippen LogP contribution in [0.2, 0.25) is 0 Å². The van der Waals surface area contributed by atoms with Crippen molar-refractivity contribution in [3.63, 3.8) is 0 Å². The van der Waals surface area contributed by atoms with E-state index in [4.69, 9.17) is 0 Å². The number of thiophene rings is 1. The van der Waals surface area contributed by atoms with Gasteiger partial charge in [-0.3, -0.25) is 9.48 Å². The topological polar surface area (TPSA) is 50.2 Å². The van der Waals surface area contributed by atoms with Crippen LogP contribution in [0.15, 0.2) is 36.0 Å². The quantitative estimate of drug-likeness (QED) is 0.829. The van der Waals surface area contributed by atoms with Crippen LogP contribution in [-0.2, 0) is 11.3 Å². The highest BCUT2D eigenvalue weighted by Gasteiger charge is 2.02. The molecule has 0 aliphatic carbocycles. The predicted molar refractivity (Wildman–Crippen MR) is 82.8 cm³/mol. The van der Waals surface area contributed by atoms with Gasteiger partial charge < -0.3 is 10.2 Å². The molecule has 1 amide bonds. The number of likely N-dealkylation sites (N-methyl/N-ethyl adjacent to an activating group) is 1. The average Bonchev–Trinajstić information content (AvgIpc) is 3.05. The van der Waals surface area contributed by atoms with Crippen LogP contribution >= 0.6 is 11.3 Å². The Hall–Kier alpha value is -1.92. The summed E-state index contributed by atoms with van der Waals surface area (Å²) in [5, 5.41) is 8.98. The van der Waals surface area contributed by atoms with Crippen molar-refractivity contribution in [3.8, 4) is 0 Å². The lowest BCUT2D eigenvalue weighted by Crippen LogP contribution is -2.18. The molecule has 2 aromatic rings. The molecule has 0 aromatic carbocycles. The van der Waals surface area contributed by atoms with Crippen molar-refractivity contribution in [2.45, 2.75) is 6.54 Å². The summed E-state index contributed by atoms with van der Waals surface area (Å²) < 4.78 is 1.82. The van der Waals surface area contributed by atoms with Gasteiger partial charge in [0.1, 0.15) is 0 Å². The Morgan fingerprint density at radius 1 is 1.55 bits per heavy atom. The molecular formula is C14H18N4OS. The highest BCUT2D eigenvalue weighted by molar-refractivity contribution is 7.10. The number of aromatic nitrogens is 2. The third-order valence-electron chi connectivity index (χ3n) is 2.62. The van der Waals surface area contributed by atoms with Crippen LogP contribution in [0.5, 0.6) is 0 Å². The lowest BCUT2D eigenvalue weighted by molar-refractivity contribution is -0.111. The fourth-order valence-electron chi connectivity index (χ4n) is 1.58. The standard InChI is InChI=1S/C14H18N4OS/c1-17(2)7-8-18-11-12(10-15-18)16-14(19)6-5-13-4-3-9-20-13/h3-6,9-11H,7-8H2,1-2H3,(H,16,19)/b6-5+. The number of anilines is 1. The number of carbonyl (C=O) groups excluding carboxylic acids is 1. The van der Waals surface area contributed by atoms with Gasteiger partial charge in [0.25, 0.3) is 0 Å². The molecule has 0 unspecified atom stereocenters. The summed E-state index contributed by atoms with van der Waals surface area (Å²) in [4.78, 5) is 14.9. The van der Waals surface area contributed by atoms with E-state index in [1.807, 2.05) is 42.5 Å². The zero-order chi connectivity index (χ0) is 14.4. The van der Waals surface area contributed by atoms with Crippen molar-refractivity contribution >= 4 is 29.0 Å². The second-order valence-electron chi connectivity index (χ2n) is 4.63. The molecule has 6 heteroatoms. The maximum Gasteiger partial charge on any atom is 0.248 e. The van der Waals surface area contributed by atoms with Gasteiger partial charge in [0.2, 0.25) is 5.91 Å². The minimum atomic E-state index is -0.148. The lowest BCUT2D eigenvalue weighted by Gasteiger charge is -2.08. The molecule has 5 nitrogen and oxygen atoms in total. The van der Waals surface area contributed by atoms with Gasteiger partial charge in [0.15, 0.2) is 0 Å². The van der Waals surface area contributed by atoms with Gasteiger partial charge in [-0.15, -0.1) is 11.3 Å². The van der Waals surface area contributed by atoms with Crippen molar-refractivity contribution in [1.82, 2.24) is 14.7 Å². The molecule has 2 heterocycles. The van der Waals surface area contributed by atoms with Crippen LogP contribution in [0, 0.1) is 0 Å². The van der Waals surface area contributed by atoms with Gasteiger partial charge in [-0.05, 0) is 31.6 Å². The first kappa shape index (κ1) is 14.5. The van der Waals surface area contributed by atoms with Crippen molar-refractivity contribution in [2.24, 2.45) is 0 Å². The number of amides is 1. The Bertz CT molecular complexity index is 572. The molecule has 0 aliphatic rings. The molecule has 0 bridgehead atoms. The predicted octanol–water partition coefficient (Wildman–Crippen LogP) is 2.16. The van der Waals surface area contributed by atoms with Crippen molar-refractivity contribution < 1.29 is 4.79 Å². The van der Waals surface area contributed by atoms with Crippen molar-refractivity contribution in [1.29, 1.82) is 0 Å². The maximum absolute atomic E-state index is 11.7. The molecule has 2 rings (SSSR count). The van der Waals surface area contributed by atoms with Gasteiger partial charge in [-0.2, -0.15) is 5.10 Å². The van der Waals surface area contributed by atoms with E-state index < -0.39 is 0 Å². The summed E-state index contributed by atoms with van der Waals surface area (Å²) >= 11 is 1.60. The van der Waals surface area contributed by atoms with Gasteiger partial charge >= 0.3 is 0 Å². The Morgan fingerprint density at radius 2 is 2.40 bits per heavy atom. The molecule has 0 fully saturated rings. The maximum atomic E-state index is 11.7. The van der Waals surface area contributed by atoms with Gasteiger partial charge in [-0.1, -0.05) is 6.07 Å². The zero-order valence-corrected chi connectivity index (χ0v) is 12.4. The van der Waals surface area contributed by atoms with E-state index in [1.165, 1.54) is 6.08 Å². The van der Waals surface area contributed by atoms with Crippen LogP contribution in [0.3, 0.4) is 0 Å². The van der Waals surface area contributed by atoms with E-state index in [9.17, 15) is 4.79 Å². The van der Waals surface area contributed by atoms with Gasteiger partial charge in [-0.25, -0.2) is 0 Å². The third-order valence-corrected chi connectivity index (χ3v) is 3.46.